The van der Waals surface area contributed by atoms with E-state index in [1.165, 1.54) is 11.8 Å². The highest BCUT2D eigenvalue weighted by atomic mass is 35.5. The zero-order chi connectivity index (χ0) is 18.3. The van der Waals surface area contributed by atoms with Crippen LogP contribution in [0.2, 0.25) is 5.02 Å². The average Bonchev–Trinajstić information content (AvgIpc) is 3.17. The van der Waals surface area contributed by atoms with Gasteiger partial charge in [0.1, 0.15) is 17.8 Å². The Labute approximate surface area is 158 Å². The number of hydrogen-bond donors (Lipinski definition) is 0. The first-order valence-corrected chi connectivity index (χ1v) is 9.22. The lowest BCUT2D eigenvalue weighted by molar-refractivity contribution is 0.395. The summed E-state index contributed by atoms with van der Waals surface area (Å²) in [6.45, 7) is 0. The van der Waals surface area contributed by atoms with Gasteiger partial charge in [0.15, 0.2) is 16.5 Å². The van der Waals surface area contributed by atoms with E-state index in [9.17, 15) is 0 Å². The van der Waals surface area contributed by atoms with Crippen molar-refractivity contribution in [2.45, 2.75) is 5.16 Å². The molecule has 0 bridgehead atoms. The number of thioether (sulfide) groups is 1. The van der Waals surface area contributed by atoms with Gasteiger partial charge in [-0.3, -0.25) is 4.40 Å². The standard InChI is InChI=1S/C17H14ClN5O2S/c1-24-10-5-11(14(18)13(6-10)25-2)12-4-9-7-19-17(26-3)21-15(9)23-8-20-22-16(12)23/h4-8H,1-3H3. The maximum absolute atomic E-state index is 6.57. The number of methoxy groups -OCH3 is 2. The van der Waals surface area contributed by atoms with Crippen LogP contribution in [0.4, 0.5) is 0 Å². The number of aromatic nitrogens is 5. The normalized spacial score (nSPS) is 11.2. The van der Waals surface area contributed by atoms with Gasteiger partial charge in [-0.1, -0.05) is 23.4 Å². The van der Waals surface area contributed by atoms with Crippen molar-refractivity contribution in [3.8, 4) is 22.6 Å². The first kappa shape index (κ1) is 16.9. The van der Waals surface area contributed by atoms with Gasteiger partial charge < -0.3 is 9.47 Å². The Morgan fingerprint density at radius 1 is 1.08 bits per heavy atom. The van der Waals surface area contributed by atoms with Gasteiger partial charge in [-0.15, -0.1) is 10.2 Å². The molecule has 0 radical (unpaired) electrons. The number of rotatable bonds is 4. The van der Waals surface area contributed by atoms with E-state index in [-0.39, 0.29) is 0 Å². The second-order valence-corrected chi connectivity index (χ2v) is 6.56. The Morgan fingerprint density at radius 2 is 1.92 bits per heavy atom. The predicted molar refractivity (Wildman–Crippen MR) is 101 cm³/mol. The minimum Gasteiger partial charge on any atom is -0.497 e. The first-order chi connectivity index (χ1) is 12.7. The van der Waals surface area contributed by atoms with E-state index in [0.29, 0.717) is 27.3 Å². The number of hydrogen-bond acceptors (Lipinski definition) is 7. The van der Waals surface area contributed by atoms with Gasteiger partial charge in [0.25, 0.3) is 0 Å². The third-order valence-electron chi connectivity index (χ3n) is 4.03. The molecule has 0 aliphatic rings. The molecule has 0 aliphatic heterocycles. The van der Waals surface area contributed by atoms with Crippen LogP contribution in [0.5, 0.6) is 11.5 Å². The molecule has 0 unspecified atom stereocenters. The molecular formula is C17H14ClN5O2S. The predicted octanol–water partition coefficient (Wildman–Crippen LogP) is 3.73. The summed E-state index contributed by atoms with van der Waals surface area (Å²) in [5, 5.41) is 10.3. The fourth-order valence-electron chi connectivity index (χ4n) is 2.79. The van der Waals surface area contributed by atoms with Crippen LogP contribution in [0.25, 0.3) is 27.8 Å². The van der Waals surface area contributed by atoms with E-state index >= 15 is 0 Å². The largest absolute Gasteiger partial charge is 0.497 e. The molecule has 0 N–H and O–H groups in total. The van der Waals surface area contributed by atoms with Crippen LogP contribution in [-0.4, -0.2) is 45.0 Å². The van der Waals surface area contributed by atoms with Crippen molar-refractivity contribution in [2.24, 2.45) is 0 Å². The molecule has 0 saturated heterocycles. The van der Waals surface area contributed by atoms with Crippen LogP contribution >= 0.6 is 23.4 Å². The topological polar surface area (TPSA) is 74.4 Å². The number of pyridine rings is 1. The van der Waals surface area contributed by atoms with Crippen LogP contribution in [0.1, 0.15) is 0 Å². The number of ether oxygens (including phenoxy) is 2. The van der Waals surface area contributed by atoms with Crippen molar-refractivity contribution in [3.63, 3.8) is 0 Å². The van der Waals surface area contributed by atoms with Gasteiger partial charge in [0.2, 0.25) is 0 Å². The molecule has 9 heteroatoms. The van der Waals surface area contributed by atoms with Crippen molar-refractivity contribution in [3.05, 3.63) is 35.7 Å². The Hall–Kier alpha value is -2.58. The Bertz CT molecular complexity index is 1130. The molecule has 3 heterocycles. The molecule has 0 saturated carbocycles. The van der Waals surface area contributed by atoms with Crippen molar-refractivity contribution in [1.29, 1.82) is 0 Å². The zero-order valence-electron chi connectivity index (χ0n) is 14.2. The molecular weight excluding hydrogens is 374 g/mol. The number of halogens is 1. The zero-order valence-corrected chi connectivity index (χ0v) is 15.8. The highest BCUT2D eigenvalue weighted by Crippen LogP contribution is 2.41. The van der Waals surface area contributed by atoms with Crippen LogP contribution in [-0.2, 0) is 0 Å². The van der Waals surface area contributed by atoms with Crippen LogP contribution < -0.4 is 9.47 Å². The van der Waals surface area contributed by atoms with Gasteiger partial charge in [-0.05, 0) is 18.4 Å². The van der Waals surface area contributed by atoms with E-state index in [1.807, 2.05) is 22.8 Å². The van der Waals surface area contributed by atoms with Crippen molar-refractivity contribution < 1.29 is 9.47 Å². The summed E-state index contributed by atoms with van der Waals surface area (Å²) >= 11 is 8.04. The van der Waals surface area contributed by atoms with Crippen LogP contribution in [0, 0.1) is 0 Å². The van der Waals surface area contributed by atoms with Gasteiger partial charge >= 0.3 is 0 Å². The van der Waals surface area contributed by atoms with Gasteiger partial charge in [-0.25, -0.2) is 9.97 Å². The van der Waals surface area contributed by atoms with E-state index in [1.54, 1.807) is 32.8 Å². The lowest BCUT2D eigenvalue weighted by Crippen LogP contribution is -1.98. The Morgan fingerprint density at radius 3 is 2.65 bits per heavy atom. The van der Waals surface area contributed by atoms with E-state index < -0.39 is 0 Å². The van der Waals surface area contributed by atoms with Crippen molar-refractivity contribution in [1.82, 2.24) is 24.6 Å². The SMILES string of the molecule is COc1cc(OC)c(Cl)c(-c2cc3cnc(SC)nc3n3cnnc23)c1. The smallest absolute Gasteiger partial charge is 0.189 e. The Kier molecular flexibility index (Phi) is 4.29. The summed E-state index contributed by atoms with van der Waals surface area (Å²) < 4.78 is 12.6. The average molecular weight is 388 g/mol. The molecule has 4 rings (SSSR count). The molecule has 1 aromatic carbocycles. The third kappa shape index (κ3) is 2.62. The molecule has 0 aliphatic carbocycles. The lowest BCUT2D eigenvalue weighted by atomic mass is 10.0. The van der Waals surface area contributed by atoms with Gasteiger partial charge in [0, 0.05) is 28.8 Å². The number of fused-ring (bicyclic) bond motifs is 3. The molecule has 26 heavy (non-hydrogen) atoms. The number of nitrogens with zero attached hydrogens (tertiary/aromatic N) is 5. The minimum atomic E-state index is 0.471. The molecule has 0 atom stereocenters. The molecule has 4 aromatic rings. The highest BCUT2D eigenvalue weighted by Gasteiger charge is 2.18. The molecule has 0 amide bonds. The maximum atomic E-state index is 6.57. The van der Waals surface area contributed by atoms with E-state index in [2.05, 4.69) is 20.2 Å². The molecule has 0 spiro atoms. The minimum absolute atomic E-state index is 0.471. The van der Waals surface area contributed by atoms with Gasteiger partial charge in [0.05, 0.1) is 19.2 Å². The lowest BCUT2D eigenvalue weighted by Gasteiger charge is -2.13. The second-order valence-electron chi connectivity index (χ2n) is 5.41. The molecule has 7 nitrogen and oxygen atoms in total. The Balaban J connectivity index is 2.07. The summed E-state index contributed by atoms with van der Waals surface area (Å²) in [5.74, 6) is 1.15. The van der Waals surface area contributed by atoms with E-state index in [4.69, 9.17) is 21.1 Å². The maximum Gasteiger partial charge on any atom is 0.189 e. The quantitative estimate of drug-likeness (QED) is 0.390. The highest BCUT2D eigenvalue weighted by molar-refractivity contribution is 7.98. The van der Waals surface area contributed by atoms with Crippen molar-refractivity contribution in [2.75, 3.05) is 20.5 Å². The second kappa shape index (κ2) is 6.62. The summed E-state index contributed by atoms with van der Waals surface area (Å²) in [4.78, 5) is 8.93. The fourth-order valence-corrected chi connectivity index (χ4v) is 3.41. The molecule has 3 aromatic heterocycles. The van der Waals surface area contributed by atoms with Crippen LogP contribution in [0.15, 0.2) is 35.9 Å². The summed E-state index contributed by atoms with van der Waals surface area (Å²) in [6, 6.07) is 5.53. The third-order valence-corrected chi connectivity index (χ3v) is 4.98. The summed E-state index contributed by atoms with van der Waals surface area (Å²) in [5.41, 5.74) is 2.90. The molecule has 132 valence electrons. The van der Waals surface area contributed by atoms with Gasteiger partial charge in [-0.2, -0.15) is 0 Å². The summed E-state index contributed by atoms with van der Waals surface area (Å²) in [7, 11) is 3.16. The first-order valence-electron chi connectivity index (χ1n) is 7.61. The molecule has 0 fully saturated rings. The summed E-state index contributed by atoms with van der Waals surface area (Å²) in [6.07, 6.45) is 5.34. The monoisotopic (exact) mass is 387 g/mol. The number of benzene rings is 1. The van der Waals surface area contributed by atoms with Crippen molar-refractivity contribution >= 4 is 40.0 Å². The fraction of sp³-hybridized carbons (Fsp3) is 0.176. The van der Waals surface area contributed by atoms with E-state index in [0.717, 1.165) is 22.2 Å². The van der Waals surface area contributed by atoms with Crippen LogP contribution in [0.3, 0.4) is 0 Å².